The van der Waals surface area contributed by atoms with Crippen LogP contribution in [0.3, 0.4) is 0 Å². The van der Waals surface area contributed by atoms with Crippen LogP contribution < -0.4 is 0 Å². The van der Waals surface area contributed by atoms with Crippen molar-refractivity contribution in [2.75, 3.05) is 0 Å². The Kier molecular flexibility index (Phi) is 5.22. The van der Waals surface area contributed by atoms with Crippen LogP contribution in [-0.4, -0.2) is 9.55 Å². The molecule has 0 N–H and O–H groups in total. The smallest absolute Gasteiger partial charge is 0.145 e. The van der Waals surface area contributed by atoms with Crippen LogP contribution in [0, 0.1) is 0 Å². The van der Waals surface area contributed by atoms with E-state index in [1.165, 1.54) is 33.4 Å². The Balaban J connectivity index is 1.21. The van der Waals surface area contributed by atoms with Gasteiger partial charge >= 0.3 is 0 Å². The van der Waals surface area contributed by atoms with Crippen molar-refractivity contribution in [1.29, 1.82) is 0 Å². The number of hydrogen-bond acceptors (Lipinski definition) is 1. The number of benzene rings is 8. The third kappa shape index (κ3) is 4.18. The van der Waals surface area contributed by atoms with Crippen molar-refractivity contribution in [3.8, 4) is 50.5 Å². The minimum Gasteiger partial charge on any atom is -0.292 e. The van der Waals surface area contributed by atoms with Gasteiger partial charge in [0.2, 0.25) is 0 Å². The first-order chi connectivity index (χ1) is 26.6. The molecule has 0 unspecified atom stereocenters. The molecular formula is C48H34N2. The Labute approximate surface area is 299 Å². The fourth-order valence-corrected chi connectivity index (χ4v) is 8.23. The predicted octanol–water partition coefficient (Wildman–Crippen LogP) is 12.6. The largest absolute Gasteiger partial charge is 0.292 e. The molecule has 236 valence electrons. The van der Waals surface area contributed by atoms with Crippen molar-refractivity contribution in [3.05, 3.63) is 181 Å². The van der Waals surface area contributed by atoms with E-state index in [9.17, 15) is 0 Å². The van der Waals surface area contributed by atoms with Crippen molar-refractivity contribution >= 4 is 32.6 Å². The minimum absolute atomic E-state index is 0.0634. The van der Waals surface area contributed by atoms with E-state index in [0.717, 1.165) is 43.9 Å². The van der Waals surface area contributed by atoms with Gasteiger partial charge < -0.3 is 0 Å². The van der Waals surface area contributed by atoms with Gasteiger partial charge in [-0.2, -0.15) is 0 Å². The standard InChI is InChI=1S/C48H34N2/c1-48(2)41-24-11-10-19-35(41)36-28-27-33(30-42(36)48)46-39-22-8-6-20-37(39)45(38-21-7-9-23-40(38)46)32-17-14-18-34(29-32)50-44-26-13-12-25-43(44)49-47(50)31-15-4-3-5-16-31/h3-30H,1-2H3/i3D,4D,5D,15D,16D. The summed E-state index contributed by atoms with van der Waals surface area (Å²) in [6, 6.07) is 47.1. The molecule has 1 heterocycles. The molecule has 0 amide bonds. The van der Waals surface area contributed by atoms with E-state index < -0.39 is 18.1 Å². The van der Waals surface area contributed by atoms with Gasteiger partial charge in [-0.3, -0.25) is 4.57 Å². The van der Waals surface area contributed by atoms with Crippen molar-refractivity contribution in [1.82, 2.24) is 9.55 Å². The summed E-state index contributed by atoms with van der Waals surface area (Å²) in [5.41, 5.74) is 11.9. The lowest BCUT2D eigenvalue weighted by molar-refractivity contribution is 0.660. The van der Waals surface area contributed by atoms with Gasteiger partial charge in [-0.15, -0.1) is 0 Å². The van der Waals surface area contributed by atoms with Crippen LogP contribution in [0.5, 0.6) is 0 Å². The molecule has 1 aliphatic rings. The molecule has 50 heavy (non-hydrogen) atoms. The summed E-state index contributed by atoms with van der Waals surface area (Å²) in [5, 5.41) is 4.56. The molecule has 2 heteroatoms. The van der Waals surface area contributed by atoms with Crippen molar-refractivity contribution in [2.24, 2.45) is 0 Å². The number of fused-ring (bicyclic) bond motifs is 6. The van der Waals surface area contributed by atoms with Crippen LogP contribution in [0.1, 0.15) is 31.8 Å². The second-order valence-corrected chi connectivity index (χ2v) is 13.6. The van der Waals surface area contributed by atoms with Crippen LogP contribution in [0.15, 0.2) is 170 Å². The molecule has 9 aromatic rings. The monoisotopic (exact) mass is 643 g/mol. The summed E-state index contributed by atoms with van der Waals surface area (Å²) in [7, 11) is 0. The lowest BCUT2D eigenvalue weighted by atomic mass is 9.80. The molecule has 0 saturated carbocycles. The summed E-state index contributed by atoms with van der Waals surface area (Å²) < 4.78 is 44.6. The Bertz CT molecular complexity index is 3000. The first-order valence-corrected chi connectivity index (χ1v) is 17.0. The van der Waals surface area contributed by atoms with E-state index in [1.807, 2.05) is 41.0 Å². The van der Waals surface area contributed by atoms with Gasteiger partial charge in [0.15, 0.2) is 0 Å². The van der Waals surface area contributed by atoms with Crippen LogP contribution in [0.25, 0.3) is 83.0 Å². The summed E-state index contributed by atoms with van der Waals surface area (Å²) >= 11 is 0. The molecule has 10 rings (SSSR count). The quantitative estimate of drug-likeness (QED) is 0.175. The molecule has 8 aromatic carbocycles. The van der Waals surface area contributed by atoms with Crippen LogP contribution in [0.2, 0.25) is 0 Å². The van der Waals surface area contributed by atoms with Crippen molar-refractivity contribution < 1.29 is 6.85 Å². The fourth-order valence-electron chi connectivity index (χ4n) is 8.23. The molecule has 0 atom stereocenters. The maximum absolute atomic E-state index is 8.82. The van der Waals surface area contributed by atoms with Crippen molar-refractivity contribution in [2.45, 2.75) is 19.3 Å². The summed E-state index contributed by atoms with van der Waals surface area (Å²) in [6.45, 7) is 4.64. The maximum Gasteiger partial charge on any atom is 0.145 e. The molecule has 0 radical (unpaired) electrons. The second-order valence-electron chi connectivity index (χ2n) is 13.6. The third-order valence-electron chi connectivity index (χ3n) is 10.5. The molecule has 0 saturated heterocycles. The van der Waals surface area contributed by atoms with Gasteiger partial charge in [-0.1, -0.05) is 153 Å². The van der Waals surface area contributed by atoms with E-state index in [-0.39, 0.29) is 23.1 Å². The van der Waals surface area contributed by atoms with Crippen LogP contribution in [0.4, 0.5) is 0 Å². The minimum atomic E-state index is -0.431. The number of hydrogen-bond donors (Lipinski definition) is 0. The number of nitrogens with zero attached hydrogens (tertiary/aromatic N) is 2. The van der Waals surface area contributed by atoms with Gasteiger partial charge in [0.25, 0.3) is 0 Å². The Morgan fingerprint density at radius 1 is 0.520 bits per heavy atom. The SMILES string of the molecule is [2H]c1c([2H])c([2H])c(-c2nc3ccccc3n2-c2cccc(-c3c4ccccc4c(-c4ccc5c(c4)C(C)(C)c4ccccc4-5)c4ccccc34)c2)c([2H])c1[2H]. The molecule has 2 nitrogen and oxygen atoms in total. The normalized spacial score (nSPS) is 14.6. The van der Waals surface area contributed by atoms with E-state index >= 15 is 0 Å². The zero-order valence-corrected chi connectivity index (χ0v) is 27.7. The molecular weight excluding hydrogens is 605 g/mol. The molecule has 0 spiro atoms. The molecule has 0 bridgehead atoms. The topological polar surface area (TPSA) is 17.8 Å². The Morgan fingerprint density at radius 3 is 1.84 bits per heavy atom. The highest BCUT2D eigenvalue weighted by Crippen LogP contribution is 2.51. The summed E-state index contributed by atoms with van der Waals surface area (Å²) in [4.78, 5) is 4.88. The number of para-hydroxylation sites is 2. The van der Waals surface area contributed by atoms with Crippen molar-refractivity contribution in [3.63, 3.8) is 0 Å². The first kappa shape index (κ1) is 24.0. The lowest BCUT2D eigenvalue weighted by Crippen LogP contribution is -2.14. The Morgan fingerprint density at radius 2 is 1.12 bits per heavy atom. The summed E-state index contributed by atoms with van der Waals surface area (Å²) in [5.74, 6) is 0.294. The molecule has 0 fully saturated rings. The third-order valence-corrected chi connectivity index (χ3v) is 10.5. The van der Waals surface area contributed by atoms with Gasteiger partial charge in [0.1, 0.15) is 5.82 Å². The maximum atomic E-state index is 8.82. The number of imidazole rings is 1. The second kappa shape index (κ2) is 10.9. The summed E-state index contributed by atoms with van der Waals surface area (Å²) in [6.07, 6.45) is 0. The zero-order valence-electron chi connectivity index (χ0n) is 32.7. The van der Waals surface area contributed by atoms with Crippen LogP contribution >= 0.6 is 0 Å². The average molecular weight is 644 g/mol. The average Bonchev–Trinajstić information content (AvgIpc) is 3.70. The van der Waals surface area contributed by atoms with Crippen LogP contribution in [-0.2, 0) is 5.41 Å². The zero-order chi connectivity index (χ0) is 37.7. The molecule has 0 aliphatic heterocycles. The fraction of sp³-hybridized carbons (Fsp3) is 0.0625. The van der Waals surface area contributed by atoms with Gasteiger partial charge in [-0.05, 0) is 96.4 Å². The number of aromatic nitrogens is 2. The van der Waals surface area contributed by atoms with E-state index in [2.05, 4.69) is 117 Å². The van der Waals surface area contributed by atoms with E-state index in [4.69, 9.17) is 11.8 Å². The highest BCUT2D eigenvalue weighted by atomic mass is 15.1. The van der Waals surface area contributed by atoms with Gasteiger partial charge in [-0.25, -0.2) is 4.98 Å². The molecule has 1 aliphatic carbocycles. The van der Waals surface area contributed by atoms with Gasteiger partial charge in [0, 0.05) is 16.7 Å². The van der Waals surface area contributed by atoms with E-state index in [0.29, 0.717) is 11.3 Å². The highest BCUT2D eigenvalue weighted by Gasteiger charge is 2.35. The molecule has 1 aromatic heterocycles. The predicted molar refractivity (Wildman–Crippen MR) is 210 cm³/mol. The number of rotatable bonds is 4. The van der Waals surface area contributed by atoms with Gasteiger partial charge in [0.05, 0.1) is 17.9 Å². The lowest BCUT2D eigenvalue weighted by Gasteiger charge is -2.23. The highest BCUT2D eigenvalue weighted by molar-refractivity contribution is 6.21. The van der Waals surface area contributed by atoms with E-state index in [1.54, 1.807) is 0 Å². The Hall–Kier alpha value is -6.25. The first-order valence-electron chi connectivity index (χ1n) is 19.5.